The van der Waals surface area contributed by atoms with E-state index in [0.717, 1.165) is 4.88 Å². The van der Waals surface area contributed by atoms with Crippen molar-refractivity contribution in [2.24, 2.45) is 11.8 Å². The standard InChI is InChI=1S/C13H17NO3S/c1-8(11-3-2-6-18-11)14-12(15)9-4-5-10(7-9)13(16)17/h2-3,6,8-10H,4-5,7H2,1H3,(H,14,15)(H,16,17). The van der Waals surface area contributed by atoms with Crippen molar-refractivity contribution in [2.45, 2.75) is 32.2 Å². The maximum atomic E-state index is 12.0. The van der Waals surface area contributed by atoms with Gasteiger partial charge in [0.05, 0.1) is 12.0 Å². The summed E-state index contributed by atoms with van der Waals surface area (Å²) in [5, 5.41) is 13.9. The molecule has 1 saturated carbocycles. The Kier molecular flexibility index (Phi) is 4.01. The maximum Gasteiger partial charge on any atom is 0.306 e. The van der Waals surface area contributed by atoms with Crippen molar-refractivity contribution in [2.75, 3.05) is 0 Å². The molecule has 1 aromatic rings. The Hall–Kier alpha value is -1.36. The Bertz CT molecular complexity index is 429. The number of aliphatic carboxylic acids is 1. The van der Waals surface area contributed by atoms with Gasteiger partial charge in [-0.25, -0.2) is 0 Å². The topological polar surface area (TPSA) is 66.4 Å². The first-order valence-electron chi connectivity index (χ1n) is 6.14. The average Bonchev–Trinajstić information content (AvgIpc) is 3.00. The van der Waals surface area contributed by atoms with Gasteiger partial charge >= 0.3 is 5.97 Å². The van der Waals surface area contributed by atoms with Crippen LogP contribution in [-0.4, -0.2) is 17.0 Å². The second kappa shape index (κ2) is 5.52. The Labute approximate surface area is 110 Å². The lowest BCUT2D eigenvalue weighted by molar-refractivity contribution is -0.141. The highest BCUT2D eigenvalue weighted by atomic mass is 32.1. The number of hydrogen-bond acceptors (Lipinski definition) is 3. The molecule has 1 aliphatic carbocycles. The van der Waals surface area contributed by atoms with E-state index < -0.39 is 5.97 Å². The van der Waals surface area contributed by atoms with Crippen molar-refractivity contribution in [3.8, 4) is 0 Å². The van der Waals surface area contributed by atoms with Crippen molar-refractivity contribution < 1.29 is 14.7 Å². The van der Waals surface area contributed by atoms with Crippen LogP contribution in [0.3, 0.4) is 0 Å². The van der Waals surface area contributed by atoms with E-state index in [-0.39, 0.29) is 23.8 Å². The minimum atomic E-state index is -0.781. The lowest BCUT2D eigenvalue weighted by atomic mass is 10.0. The molecule has 0 spiro atoms. The molecule has 1 amide bonds. The zero-order valence-electron chi connectivity index (χ0n) is 10.3. The molecular weight excluding hydrogens is 250 g/mol. The van der Waals surface area contributed by atoms with Crippen molar-refractivity contribution in [3.63, 3.8) is 0 Å². The summed E-state index contributed by atoms with van der Waals surface area (Å²) in [6.45, 7) is 1.95. The number of carbonyl (C=O) groups excluding carboxylic acids is 1. The molecule has 0 aliphatic heterocycles. The van der Waals surface area contributed by atoms with Crippen LogP contribution in [-0.2, 0) is 9.59 Å². The Morgan fingerprint density at radius 1 is 1.44 bits per heavy atom. The number of carbonyl (C=O) groups is 2. The Morgan fingerprint density at radius 3 is 2.72 bits per heavy atom. The van der Waals surface area contributed by atoms with Crippen molar-refractivity contribution >= 4 is 23.2 Å². The van der Waals surface area contributed by atoms with Crippen LogP contribution in [0.4, 0.5) is 0 Å². The van der Waals surface area contributed by atoms with Gasteiger partial charge in [-0.1, -0.05) is 6.07 Å². The van der Waals surface area contributed by atoms with Crippen LogP contribution in [0.5, 0.6) is 0 Å². The zero-order chi connectivity index (χ0) is 13.1. The van der Waals surface area contributed by atoms with E-state index in [2.05, 4.69) is 5.32 Å². The predicted octanol–water partition coefficient (Wildman–Crippen LogP) is 2.43. The highest BCUT2D eigenvalue weighted by molar-refractivity contribution is 7.10. The van der Waals surface area contributed by atoms with E-state index in [9.17, 15) is 9.59 Å². The fourth-order valence-electron chi connectivity index (χ4n) is 2.38. The molecule has 4 nitrogen and oxygen atoms in total. The number of rotatable bonds is 4. The number of carboxylic acid groups (broad SMARTS) is 1. The quantitative estimate of drug-likeness (QED) is 0.880. The van der Waals surface area contributed by atoms with Crippen molar-refractivity contribution in [3.05, 3.63) is 22.4 Å². The van der Waals surface area contributed by atoms with Crippen LogP contribution in [0.15, 0.2) is 17.5 Å². The van der Waals surface area contributed by atoms with Crippen LogP contribution in [0, 0.1) is 11.8 Å². The summed E-state index contributed by atoms with van der Waals surface area (Å²) in [6, 6.07) is 3.95. The number of carboxylic acids is 1. The molecule has 98 valence electrons. The number of thiophene rings is 1. The summed E-state index contributed by atoms with van der Waals surface area (Å²) in [7, 11) is 0. The van der Waals surface area contributed by atoms with Gasteiger partial charge in [-0.3, -0.25) is 9.59 Å². The molecule has 0 bridgehead atoms. The summed E-state index contributed by atoms with van der Waals surface area (Å²) in [4.78, 5) is 24.0. The molecule has 3 atom stereocenters. The van der Waals surface area contributed by atoms with Gasteiger partial charge in [-0.15, -0.1) is 11.3 Å². The summed E-state index contributed by atoms with van der Waals surface area (Å²) in [5.41, 5.74) is 0. The minimum Gasteiger partial charge on any atom is -0.481 e. The third-order valence-corrected chi connectivity index (χ3v) is 4.54. The molecule has 1 aromatic heterocycles. The van der Waals surface area contributed by atoms with Crippen LogP contribution < -0.4 is 5.32 Å². The number of hydrogen-bond donors (Lipinski definition) is 2. The molecule has 1 aliphatic rings. The molecular formula is C13H17NO3S. The van der Waals surface area contributed by atoms with Gasteiger partial charge in [-0.2, -0.15) is 0 Å². The van der Waals surface area contributed by atoms with Gasteiger partial charge in [0, 0.05) is 10.8 Å². The van der Waals surface area contributed by atoms with E-state index in [1.54, 1.807) is 11.3 Å². The van der Waals surface area contributed by atoms with Crippen molar-refractivity contribution in [1.29, 1.82) is 0 Å². The predicted molar refractivity (Wildman–Crippen MR) is 69.3 cm³/mol. The fraction of sp³-hybridized carbons (Fsp3) is 0.538. The molecule has 1 fully saturated rings. The summed E-state index contributed by atoms with van der Waals surface area (Å²) < 4.78 is 0. The molecule has 0 aromatic carbocycles. The van der Waals surface area contributed by atoms with E-state index >= 15 is 0 Å². The van der Waals surface area contributed by atoms with Gasteiger partial charge in [0.2, 0.25) is 5.91 Å². The van der Waals surface area contributed by atoms with Crippen LogP contribution >= 0.6 is 11.3 Å². The molecule has 18 heavy (non-hydrogen) atoms. The first-order chi connectivity index (χ1) is 8.58. The molecule has 2 rings (SSSR count). The molecule has 0 saturated heterocycles. The van der Waals surface area contributed by atoms with Crippen molar-refractivity contribution in [1.82, 2.24) is 5.32 Å². The Balaban J connectivity index is 1.87. The van der Waals surface area contributed by atoms with Gasteiger partial charge in [0.15, 0.2) is 0 Å². The Morgan fingerprint density at radius 2 is 2.17 bits per heavy atom. The smallest absolute Gasteiger partial charge is 0.306 e. The lowest BCUT2D eigenvalue weighted by Gasteiger charge is -2.15. The summed E-state index contributed by atoms with van der Waals surface area (Å²) in [6.07, 6.45) is 1.76. The number of nitrogens with one attached hydrogen (secondary N) is 1. The first-order valence-corrected chi connectivity index (χ1v) is 7.02. The van der Waals surface area contributed by atoms with E-state index in [1.165, 1.54) is 0 Å². The first kappa shape index (κ1) is 13.1. The molecule has 1 heterocycles. The lowest BCUT2D eigenvalue weighted by Crippen LogP contribution is -2.31. The van der Waals surface area contributed by atoms with Crippen LogP contribution in [0.2, 0.25) is 0 Å². The highest BCUT2D eigenvalue weighted by Crippen LogP contribution is 2.31. The van der Waals surface area contributed by atoms with E-state index in [0.29, 0.717) is 19.3 Å². The molecule has 2 N–H and O–H groups in total. The maximum absolute atomic E-state index is 12.0. The second-order valence-corrected chi connectivity index (χ2v) is 5.77. The molecule has 5 heteroatoms. The van der Waals surface area contributed by atoms with Gasteiger partial charge in [0.1, 0.15) is 0 Å². The van der Waals surface area contributed by atoms with Gasteiger partial charge in [0.25, 0.3) is 0 Å². The third-order valence-electron chi connectivity index (χ3n) is 3.48. The van der Waals surface area contributed by atoms with Crippen LogP contribution in [0.25, 0.3) is 0 Å². The van der Waals surface area contributed by atoms with E-state index in [4.69, 9.17) is 5.11 Å². The van der Waals surface area contributed by atoms with Crippen LogP contribution in [0.1, 0.15) is 37.1 Å². The molecule has 3 unspecified atom stereocenters. The zero-order valence-corrected chi connectivity index (χ0v) is 11.1. The van der Waals surface area contributed by atoms with Gasteiger partial charge in [-0.05, 0) is 37.6 Å². The average molecular weight is 267 g/mol. The monoisotopic (exact) mass is 267 g/mol. The minimum absolute atomic E-state index is 0.00128. The third kappa shape index (κ3) is 2.90. The fourth-order valence-corrected chi connectivity index (χ4v) is 3.12. The summed E-state index contributed by atoms with van der Waals surface area (Å²) >= 11 is 1.61. The second-order valence-electron chi connectivity index (χ2n) is 4.79. The summed E-state index contributed by atoms with van der Waals surface area (Å²) in [5.74, 6) is -1.29. The number of amides is 1. The van der Waals surface area contributed by atoms with Gasteiger partial charge < -0.3 is 10.4 Å². The van der Waals surface area contributed by atoms with E-state index in [1.807, 2.05) is 24.4 Å². The normalized spacial score (nSPS) is 24.7. The SMILES string of the molecule is CC(NC(=O)C1CCC(C(=O)O)C1)c1cccs1. The highest BCUT2D eigenvalue weighted by Gasteiger charge is 2.34. The largest absolute Gasteiger partial charge is 0.481 e. The molecule has 0 radical (unpaired) electrons.